The van der Waals surface area contributed by atoms with Gasteiger partial charge in [0.1, 0.15) is 6.04 Å². The highest BCUT2D eigenvalue weighted by Crippen LogP contribution is 2.14. The van der Waals surface area contributed by atoms with Crippen molar-refractivity contribution in [1.29, 1.82) is 5.26 Å². The van der Waals surface area contributed by atoms with Gasteiger partial charge in [-0.25, -0.2) is 0 Å². The molecule has 0 aliphatic heterocycles. The Morgan fingerprint density at radius 1 is 1.53 bits per heavy atom. The molecule has 0 bridgehead atoms. The second kappa shape index (κ2) is 4.81. The number of aryl methyl sites for hydroxylation is 1. The minimum absolute atomic E-state index is 0.283. The summed E-state index contributed by atoms with van der Waals surface area (Å²) in [5.74, 6) is -0.283. The van der Waals surface area contributed by atoms with Gasteiger partial charge in [-0.2, -0.15) is 5.26 Å². The van der Waals surface area contributed by atoms with E-state index >= 15 is 0 Å². The maximum Gasteiger partial charge on any atom is 0.252 e. The zero-order valence-electron chi connectivity index (χ0n) is 8.54. The molecule has 3 nitrogen and oxygen atoms in total. The first-order chi connectivity index (χ1) is 7.02. The van der Waals surface area contributed by atoms with Crippen molar-refractivity contribution >= 4 is 17.5 Å². The lowest BCUT2D eigenvalue weighted by Crippen LogP contribution is -2.31. The Kier molecular flexibility index (Phi) is 3.70. The quantitative estimate of drug-likeness (QED) is 0.835. The van der Waals surface area contributed by atoms with Gasteiger partial charge in [0.25, 0.3) is 5.91 Å². The third-order valence-corrected chi connectivity index (χ3v) is 2.06. The fraction of sp³-hybridized carbons (Fsp3) is 0.273. The summed E-state index contributed by atoms with van der Waals surface area (Å²) in [6, 6.07) is 6.50. The van der Waals surface area contributed by atoms with Crippen LogP contribution in [0.15, 0.2) is 18.2 Å². The van der Waals surface area contributed by atoms with Crippen LogP contribution >= 0.6 is 11.6 Å². The van der Waals surface area contributed by atoms with Crippen LogP contribution in [0.25, 0.3) is 0 Å². The fourth-order valence-corrected chi connectivity index (χ4v) is 1.47. The summed E-state index contributed by atoms with van der Waals surface area (Å²) in [4.78, 5) is 11.6. The normalized spacial score (nSPS) is 11.6. The topological polar surface area (TPSA) is 52.9 Å². The van der Waals surface area contributed by atoms with E-state index in [2.05, 4.69) is 5.32 Å². The van der Waals surface area contributed by atoms with Gasteiger partial charge in [0.15, 0.2) is 0 Å². The summed E-state index contributed by atoms with van der Waals surface area (Å²) < 4.78 is 0. The second-order valence-corrected chi connectivity index (χ2v) is 3.78. The van der Waals surface area contributed by atoms with Crippen LogP contribution in [-0.4, -0.2) is 11.9 Å². The summed E-state index contributed by atoms with van der Waals surface area (Å²) in [6.07, 6.45) is 0. The monoisotopic (exact) mass is 222 g/mol. The number of benzene rings is 1. The largest absolute Gasteiger partial charge is 0.337 e. The smallest absolute Gasteiger partial charge is 0.252 e. The number of carbonyl (C=O) groups is 1. The molecule has 1 aromatic rings. The lowest BCUT2D eigenvalue weighted by atomic mass is 10.1. The van der Waals surface area contributed by atoms with Gasteiger partial charge in [0.05, 0.1) is 6.07 Å². The molecule has 0 heterocycles. The van der Waals surface area contributed by atoms with Crippen molar-refractivity contribution in [1.82, 2.24) is 5.32 Å². The minimum Gasteiger partial charge on any atom is -0.337 e. The van der Waals surface area contributed by atoms with E-state index in [0.29, 0.717) is 10.6 Å². The molecule has 4 heteroatoms. The van der Waals surface area contributed by atoms with E-state index in [9.17, 15) is 4.79 Å². The summed E-state index contributed by atoms with van der Waals surface area (Å²) in [6.45, 7) is 3.48. The Hall–Kier alpha value is -1.53. The molecule has 1 amide bonds. The Balaban J connectivity index is 2.88. The van der Waals surface area contributed by atoms with Gasteiger partial charge in [-0.3, -0.25) is 4.79 Å². The first-order valence-electron chi connectivity index (χ1n) is 4.50. The summed E-state index contributed by atoms with van der Waals surface area (Å²) in [7, 11) is 0. The lowest BCUT2D eigenvalue weighted by molar-refractivity contribution is 0.0947. The van der Waals surface area contributed by atoms with Crippen LogP contribution in [0.3, 0.4) is 0 Å². The standard InChI is InChI=1S/C11H11ClN2O/c1-7-3-9(5-10(12)4-7)11(15)14-8(2)6-13/h3-5,8H,1-2H3,(H,14,15). The van der Waals surface area contributed by atoms with Crippen LogP contribution in [0.5, 0.6) is 0 Å². The maximum absolute atomic E-state index is 11.6. The van der Waals surface area contributed by atoms with Gasteiger partial charge >= 0.3 is 0 Å². The number of hydrogen-bond donors (Lipinski definition) is 1. The Morgan fingerprint density at radius 3 is 2.73 bits per heavy atom. The third-order valence-electron chi connectivity index (χ3n) is 1.85. The van der Waals surface area contributed by atoms with Crippen molar-refractivity contribution in [3.05, 3.63) is 34.3 Å². The van der Waals surface area contributed by atoms with E-state index in [-0.39, 0.29) is 5.91 Å². The number of amides is 1. The van der Waals surface area contributed by atoms with E-state index < -0.39 is 6.04 Å². The van der Waals surface area contributed by atoms with Crippen LogP contribution in [0.1, 0.15) is 22.8 Å². The van der Waals surface area contributed by atoms with Gasteiger partial charge in [0, 0.05) is 10.6 Å². The van der Waals surface area contributed by atoms with Gasteiger partial charge in [-0.15, -0.1) is 0 Å². The zero-order valence-corrected chi connectivity index (χ0v) is 9.30. The number of carbonyl (C=O) groups excluding carboxylic acids is 1. The van der Waals surface area contributed by atoms with Crippen LogP contribution in [0.4, 0.5) is 0 Å². The Labute approximate surface area is 93.7 Å². The van der Waals surface area contributed by atoms with Crippen molar-refractivity contribution < 1.29 is 4.79 Å². The molecule has 15 heavy (non-hydrogen) atoms. The molecule has 1 atom stereocenters. The average Bonchev–Trinajstić information content (AvgIpc) is 2.16. The average molecular weight is 223 g/mol. The lowest BCUT2D eigenvalue weighted by Gasteiger charge is -2.07. The van der Waals surface area contributed by atoms with Crippen molar-refractivity contribution in [2.75, 3.05) is 0 Å². The molecule has 0 saturated carbocycles. The maximum atomic E-state index is 11.6. The van der Waals surface area contributed by atoms with Crippen molar-refractivity contribution in [2.45, 2.75) is 19.9 Å². The van der Waals surface area contributed by atoms with Gasteiger partial charge in [-0.1, -0.05) is 11.6 Å². The molecule has 0 fully saturated rings. The molecule has 0 spiro atoms. The number of nitriles is 1. The molecular formula is C11H11ClN2O. The first-order valence-corrected chi connectivity index (χ1v) is 4.88. The molecule has 1 rings (SSSR count). The van der Waals surface area contributed by atoms with E-state index in [0.717, 1.165) is 5.56 Å². The predicted molar refractivity (Wildman–Crippen MR) is 58.7 cm³/mol. The molecule has 1 unspecified atom stereocenters. The molecule has 0 aromatic heterocycles. The molecule has 0 aliphatic carbocycles. The molecule has 0 saturated heterocycles. The summed E-state index contributed by atoms with van der Waals surface area (Å²) in [5.41, 5.74) is 1.39. The highest BCUT2D eigenvalue weighted by atomic mass is 35.5. The van der Waals surface area contributed by atoms with Crippen LogP contribution in [-0.2, 0) is 0 Å². The van der Waals surface area contributed by atoms with Crippen molar-refractivity contribution in [3.8, 4) is 6.07 Å². The third kappa shape index (κ3) is 3.26. The number of halogens is 1. The Morgan fingerprint density at radius 2 is 2.20 bits per heavy atom. The summed E-state index contributed by atoms with van der Waals surface area (Å²) in [5, 5.41) is 11.6. The second-order valence-electron chi connectivity index (χ2n) is 3.34. The fourth-order valence-electron chi connectivity index (χ4n) is 1.18. The summed E-state index contributed by atoms with van der Waals surface area (Å²) >= 11 is 5.82. The van der Waals surface area contributed by atoms with Crippen LogP contribution in [0, 0.1) is 18.3 Å². The van der Waals surface area contributed by atoms with Crippen LogP contribution in [0.2, 0.25) is 5.02 Å². The molecule has 0 aliphatic rings. The van der Waals surface area contributed by atoms with E-state index in [1.807, 2.05) is 13.0 Å². The molecular weight excluding hydrogens is 212 g/mol. The van der Waals surface area contributed by atoms with E-state index in [4.69, 9.17) is 16.9 Å². The zero-order chi connectivity index (χ0) is 11.4. The van der Waals surface area contributed by atoms with Crippen molar-refractivity contribution in [3.63, 3.8) is 0 Å². The highest BCUT2D eigenvalue weighted by Gasteiger charge is 2.09. The minimum atomic E-state index is -0.503. The number of nitrogens with one attached hydrogen (secondary N) is 1. The van der Waals surface area contributed by atoms with Gasteiger partial charge in [0.2, 0.25) is 0 Å². The SMILES string of the molecule is Cc1cc(Cl)cc(C(=O)NC(C)C#N)c1. The van der Waals surface area contributed by atoms with Gasteiger partial charge in [-0.05, 0) is 37.6 Å². The van der Waals surface area contributed by atoms with Gasteiger partial charge < -0.3 is 5.32 Å². The molecule has 1 aromatic carbocycles. The van der Waals surface area contributed by atoms with Crippen molar-refractivity contribution in [2.24, 2.45) is 0 Å². The number of hydrogen-bond acceptors (Lipinski definition) is 2. The first kappa shape index (κ1) is 11.5. The molecule has 78 valence electrons. The molecule has 1 N–H and O–H groups in total. The van der Waals surface area contributed by atoms with Crippen LogP contribution < -0.4 is 5.32 Å². The van der Waals surface area contributed by atoms with E-state index in [1.165, 1.54) is 0 Å². The Bertz CT molecular complexity index is 403. The molecule has 0 radical (unpaired) electrons. The number of rotatable bonds is 2. The number of nitrogens with zero attached hydrogens (tertiary/aromatic N) is 1. The predicted octanol–water partition coefficient (Wildman–Crippen LogP) is 2.29. The van der Waals surface area contributed by atoms with E-state index in [1.54, 1.807) is 25.1 Å². The highest BCUT2D eigenvalue weighted by molar-refractivity contribution is 6.31.